The molecule has 0 bridgehead atoms. The van der Waals surface area contributed by atoms with Crippen LogP contribution in [0.15, 0.2) is 22.8 Å². The van der Waals surface area contributed by atoms with Crippen molar-refractivity contribution in [2.24, 2.45) is 0 Å². The normalized spacial score (nSPS) is 14.3. The number of carbonyl (C=O) groups is 1. The van der Waals surface area contributed by atoms with Crippen molar-refractivity contribution in [1.29, 1.82) is 0 Å². The summed E-state index contributed by atoms with van der Waals surface area (Å²) in [5.74, 6) is 0.851. The minimum absolute atomic E-state index is 0.0442. The van der Waals surface area contributed by atoms with Gasteiger partial charge in [-0.05, 0) is 39.6 Å². The molecule has 1 rings (SSSR count). The number of nitrogens with zero attached hydrogens (tertiary/aromatic N) is 1. The second-order valence-corrected chi connectivity index (χ2v) is 4.66. The number of hydrogen-bond donors (Lipinski definition) is 2. The summed E-state index contributed by atoms with van der Waals surface area (Å²) in [6.45, 7) is 4.54. The fraction of sp³-hybridized carbons (Fsp3) is 0.615. The van der Waals surface area contributed by atoms with Crippen molar-refractivity contribution in [1.82, 2.24) is 15.5 Å². The Bertz CT molecular complexity index is 349. The van der Waals surface area contributed by atoms with Crippen LogP contribution in [0.5, 0.6) is 0 Å². The molecule has 0 aliphatic carbocycles. The number of rotatable bonds is 6. The van der Waals surface area contributed by atoms with Crippen LogP contribution in [0, 0.1) is 0 Å². The molecular weight excluding hydrogens is 230 g/mol. The molecule has 0 aliphatic heterocycles. The van der Waals surface area contributed by atoms with Crippen LogP contribution >= 0.6 is 0 Å². The van der Waals surface area contributed by atoms with Crippen molar-refractivity contribution in [3.05, 3.63) is 24.2 Å². The van der Waals surface area contributed by atoms with Gasteiger partial charge in [0, 0.05) is 12.6 Å². The van der Waals surface area contributed by atoms with Crippen LogP contribution in [0.1, 0.15) is 32.1 Å². The summed E-state index contributed by atoms with van der Waals surface area (Å²) in [5, 5.41) is 5.74. The van der Waals surface area contributed by atoms with Gasteiger partial charge in [0.25, 0.3) is 0 Å². The van der Waals surface area contributed by atoms with E-state index in [1.54, 1.807) is 6.26 Å². The van der Waals surface area contributed by atoms with Crippen molar-refractivity contribution in [2.75, 3.05) is 20.6 Å². The maximum Gasteiger partial charge on any atom is 0.315 e. The standard InChI is InChI=1S/C13H23N3O2/c1-5-10(2)15-13(17)14-9-11(16(3)4)12-7-6-8-18-12/h6-8,10-11H,5,9H2,1-4H3,(H2,14,15,17). The molecule has 1 heterocycles. The van der Waals surface area contributed by atoms with Gasteiger partial charge in [-0.25, -0.2) is 4.79 Å². The van der Waals surface area contributed by atoms with Crippen LogP contribution in [-0.2, 0) is 0 Å². The lowest BCUT2D eigenvalue weighted by Crippen LogP contribution is -2.43. The third-order valence-electron chi connectivity index (χ3n) is 2.94. The molecule has 1 aromatic heterocycles. The summed E-state index contributed by atoms with van der Waals surface area (Å²) in [6.07, 6.45) is 2.56. The summed E-state index contributed by atoms with van der Waals surface area (Å²) in [5.41, 5.74) is 0. The van der Waals surface area contributed by atoms with Gasteiger partial charge in [-0.2, -0.15) is 0 Å². The van der Waals surface area contributed by atoms with Crippen molar-refractivity contribution in [2.45, 2.75) is 32.4 Å². The van der Waals surface area contributed by atoms with Gasteiger partial charge in [0.2, 0.25) is 0 Å². The van der Waals surface area contributed by atoms with E-state index in [0.29, 0.717) is 6.54 Å². The summed E-state index contributed by atoms with van der Waals surface area (Å²) >= 11 is 0. The number of nitrogens with one attached hydrogen (secondary N) is 2. The van der Waals surface area contributed by atoms with Crippen LogP contribution < -0.4 is 10.6 Å². The number of furan rings is 1. The third-order valence-corrected chi connectivity index (χ3v) is 2.94. The molecule has 1 aromatic rings. The van der Waals surface area contributed by atoms with Crippen molar-refractivity contribution in [3.8, 4) is 0 Å². The van der Waals surface area contributed by atoms with Gasteiger partial charge in [-0.1, -0.05) is 6.92 Å². The van der Waals surface area contributed by atoms with E-state index in [0.717, 1.165) is 12.2 Å². The Morgan fingerprint density at radius 3 is 2.72 bits per heavy atom. The molecule has 102 valence electrons. The predicted octanol–water partition coefficient (Wildman–Crippen LogP) is 1.98. The molecule has 2 amide bonds. The first-order valence-electron chi connectivity index (χ1n) is 6.28. The molecule has 5 nitrogen and oxygen atoms in total. The highest BCUT2D eigenvalue weighted by atomic mass is 16.3. The first-order valence-corrected chi connectivity index (χ1v) is 6.28. The maximum atomic E-state index is 11.6. The lowest BCUT2D eigenvalue weighted by Gasteiger charge is -2.23. The van der Waals surface area contributed by atoms with Crippen LogP contribution in [0.2, 0.25) is 0 Å². The zero-order valence-corrected chi connectivity index (χ0v) is 11.6. The smallest absolute Gasteiger partial charge is 0.315 e. The van der Waals surface area contributed by atoms with E-state index >= 15 is 0 Å². The van der Waals surface area contributed by atoms with Gasteiger partial charge in [0.05, 0.1) is 12.3 Å². The molecule has 0 saturated heterocycles. The molecule has 2 atom stereocenters. The highest BCUT2D eigenvalue weighted by molar-refractivity contribution is 5.74. The Morgan fingerprint density at radius 2 is 2.22 bits per heavy atom. The molecule has 0 radical (unpaired) electrons. The summed E-state index contributed by atoms with van der Waals surface area (Å²) < 4.78 is 5.38. The molecule has 0 aliphatic rings. The Balaban J connectivity index is 2.46. The van der Waals surface area contributed by atoms with Gasteiger partial charge in [0.1, 0.15) is 5.76 Å². The van der Waals surface area contributed by atoms with Gasteiger partial charge in [0.15, 0.2) is 0 Å². The number of urea groups is 1. The third kappa shape index (κ3) is 4.41. The predicted molar refractivity (Wildman–Crippen MR) is 71.4 cm³/mol. The molecule has 5 heteroatoms. The quantitative estimate of drug-likeness (QED) is 0.815. The lowest BCUT2D eigenvalue weighted by molar-refractivity contribution is 0.223. The van der Waals surface area contributed by atoms with Gasteiger partial charge >= 0.3 is 6.03 Å². The van der Waals surface area contributed by atoms with Gasteiger partial charge < -0.3 is 15.1 Å². The SMILES string of the molecule is CCC(C)NC(=O)NCC(c1ccco1)N(C)C. The zero-order valence-electron chi connectivity index (χ0n) is 11.6. The molecule has 0 spiro atoms. The average molecular weight is 253 g/mol. The maximum absolute atomic E-state index is 11.6. The van der Waals surface area contributed by atoms with Crippen molar-refractivity contribution < 1.29 is 9.21 Å². The Labute approximate surface area is 109 Å². The molecule has 2 N–H and O–H groups in total. The number of amides is 2. The van der Waals surface area contributed by atoms with Gasteiger partial charge in [-0.3, -0.25) is 4.90 Å². The number of likely N-dealkylation sites (N-methyl/N-ethyl adjacent to an activating group) is 1. The topological polar surface area (TPSA) is 57.5 Å². The van der Waals surface area contributed by atoms with Crippen LogP contribution in [0.25, 0.3) is 0 Å². The van der Waals surface area contributed by atoms with E-state index in [4.69, 9.17) is 4.42 Å². The van der Waals surface area contributed by atoms with Crippen LogP contribution in [0.3, 0.4) is 0 Å². The molecule has 2 unspecified atom stereocenters. The minimum Gasteiger partial charge on any atom is -0.468 e. The van der Waals surface area contributed by atoms with E-state index in [9.17, 15) is 4.79 Å². The average Bonchev–Trinajstić information content (AvgIpc) is 2.82. The van der Waals surface area contributed by atoms with E-state index in [1.165, 1.54) is 0 Å². The Hall–Kier alpha value is -1.49. The summed E-state index contributed by atoms with van der Waals surface area (Å²) in [4.78, 5) is 13.7. The first kappa shape index (κ1) is 14.6. The highest BCUT2D eigenvalue weighted by Crippen LogP contribution is 2.17. The summed E-state index contributed by atoms with van der Waals surface area (Å²) in [6, 6.07) is 3.86. The van der Waals surface area contributed by atoms with E-state index in [-0.39, 0.29) is 18.1 Å². The second-order valence-electron chi connectivity index (χ2n) is 4.66. The van der Waals surface area contributed by atoms with E-state index in [1.807, 2.05) is 45.0 Å². The van der Waals surface area contributed by atoms with E-state index in [2.05, 4.69) is 10.6 Å². The fourth-order valence-electron chi connectivity index (χ4n) is 1.58. The zero-order chi connectivity index (χ0) is 13.5. The Kier molecular flexibility index (Phi) is 5.71. The number of carbonyl (C=O) groups excluding carboxylic acids is 1. The van der Waals surface area contributed by atoms with Gasteiger partial charge in [-0.15, -0.1) is 0 Å². The second kappa shape index (κ2) is 7.06. The molecular formula is C13H23N3O2. The fourth-order valence-corrected chi connectivity index (χ4v) is 1.58. The van der Waals surface area contributed by atoms with Crippen LogP contribution in [-0.4, -0.2) is 37.6 Å². The lowest BCUT2D eigenvalue weighted by atomic mass is 10.2. The minimum atomic E-state index is -0.136. The van der Waals surface area contributed by atoms with Crippen molar-refractivity contribution in [3.63, 3.8) is 0 Å². The Morgan fingerprint density at radius 1 is 1.50 bits per heavy atom. The van der Waals surface area contributed by atoms with Crippen LogP contribution in [0.4, 0.5) is 4.79 Å². The first-order chi connectivity index (χ1) is 8.54. The molecule has 0 fully saturated rings. The molecule has 18 heavy (non-hydrogen) atoms. The molecule has 0 saturated carbocycles. The highest BCUT2D eigenvalue weighted by Gasteiger charge is 2.17. The largest absolute Gasteiger partial charge is 0.468 e. The molecule has 0 aromatic carbocycles. The number of hydrogen-bond acceptors (Lipinski definition) is 3. The van der Waals surface area contributed by atoms with E-state index < -0.39 is 0 Å². The van der Waals surface area contributed by atoms with Crippen molar-refractivity contribution >= 4 is 6.03 Å². The summed E-state index contributed by atoms with van der Waals surface area (Å²) in [7, 11) is 3.92. The monoisotopic (exact) mass is 253 g/mol.